The SMILES string of the molecule is C[C@@H](NS(=O)(=O)Cc1ccc(F)cc1F)C(C)(C)CN(C)C. The van der Waals surface area contributed by atoms with E-state index in [1.165, 1.54) is 0 Å². The standard InChI is InChI=1S/C15H24F2N2O2S/c1-11(15(2,3)10-19(4)5)18-22(20,21)9-12-6-7-13(16)8-14(12)17/h6-8,11,18H,9-10H2,1-5H3/t11-/m1/s1. The molecule has 1 aromatic rings. The van der Waals surface area contributed by atoms with Gasteiger partial charge in [0.25, 0.3) is 0 Å². The first-order valence-corrected chi connectivity index (χ1v) is 8.67. The highest BCUT2D eigenvalue weighted by Crippen LogP contribution is 2.22. The zero-order valence-corrected chi connectivity index (χ0v) is 14.5. The van der Waals surface area contributed by atoms with Gasteiger partial charge in [-0.2, -0.15) is 0 Å². The van der Waals surface area contributed by atoms with Crippen LogP contribution in [0.1, 0.15) is 26.3 Å². The maximum Gasteiger partial charge on any atom is 0.216 e. The molecule has 0 radical (unpaired) electrons. The van der Waals surface area contributed by atoms with Crippen molar-refractivity contribution < 1.29 is 17.2 Å². The van der Waals surface area contributed by atoms with Crippen LogP contribution in [0.5, 0.6) is 0 Å². The Balaban J connectivity index is 2.83. The molecule has 1 atom stereocenters. The Bertz CT molecular complexity index is 616. The summed E-state index contributed by atoms with van der Waals surface area (Å²) in [6, 6.07) is 2.56. The van der Waals surface area contributed by atoms with Gasteiger partial charge in [-0.1, -0.05) is 19.9 Å². The van der Waals surface area contributed by atoms with Gasteiger partial charge in [-0.05, 0) is 32.5 Å². The quantitative estimate of drug-likeness (QED) is 0.833. The lowest BCUT2D eigenvalue weighted by Gasteiger charge is -2.34. The molecule has 0 amide bonds. The number of nitrogens with one attached hydrogen (secondary N) is 1. The first kappa shape index (κ1) is 19.0. The average molecular weight is 334 g/mol. The van der Waals surface area contributed by atoms with E-state index in [0.29, 0.717) is 12.6 Å². The molecular formula is C15H24F2N2O2S. The molecular weight excluding hydrogens is 310 g/mol. The summed E-state index contributed by atoms with van der Waals surface area (Å²) in [6.45, 7) is 6.39. The van der Waals surface area contributed by atoms with Crippen LogP contribution < -0.4 is 4.72 Å². The van der Waals surface area contributed by atoms with E-state index in [1.807, 2.05) is 32.8 Å². The monoisotopic (exact) mass is 334 g/mol. The van der Waals surface area contributed by atoms with E-state index in [1.54, 1.807) is 6.92 Å². The highest BCUT2D eigenvalue weighted by molar-refractivity contribution is 7.88. The van der Waals surface area contributed by atoms with Crippen molar-refractivity contribution in [3.05, 3.63) is 35.4 Å². The molecule has 0 aliphatic carbocycles. The fourth-order valence-electron chi connectivity index (χ4n) is 2.27. The van der Waals surface area contributed by atoms with Crippen molar-refractivity contribution in [3.8, 4) is 0 Å². The predicted molar refractivity (Wildman–Crippen MR) is 83.9 cm³/mol. The van der Waals surface area contributed by atoms with Gasteiger partial charge in [0.15, 0.2) is 0 Å². The van der Waals surface area contributed by atoms with Crippen molar-refractivity contribution in [1.82, 2.24) is 9.62 Å². The average Bonchev–Trinajstić information content (AvgIpc) is 2.30. The molecule has 0 saturated heterocycles. The summed E-state index contributed by atoms with van der Waals surface area (Å²) >= 11 is 0. The second kappa shape index (κ2) is 7.02. The second-order valence-corrected chi connectivity index (χ2v) is 8.31. The van der Waals surface area contributed by atoms with Gasteiger partial charge in [0.05, 0.1) is 5.75 Å². The van der Waals surface area contributed by atoms with E-state index in [4.69, 9.17) is 0 Å². The highest BCUT2D eigenvalue weighted by Gasteiger charge is 2.30. The number of hydrogen-bond donors (Lipinski definition) is 1. The number of benzene rings is 1. The van der Waals surface area contributed by atoms with Crippen molar-refractivity contribution in [2.45, 2.75) is 32.6 Å². The fraction of sp³-hybridized carbons (Fsp3) is 0.600. The lowest BCUT2D eigenvalue weighted by molar-refractivity contribution is 0.198. The van der Waals surface area contributed by atoms with E-state index in [0.717, 1.165) is 12.1 Å². The van der Waals surface area contributed by atoms with Crippen LogP contribution in [0.4, 0.5) is 8.78 Å². The summed E-state index contributed by atoms with van der Waals surface area (Å²) in [4.78, 5) is 1.98. The van der Waals surface area contributed by atoms with Crippen LogP contribution in [0.25, 0.3) is 0 Å². The third-order valence-electron chi connectivity index (χ3n) is 3.61. The topological polar surface area (TPSA) is 49.4 Å². The van der Waals surface area contributed by atoms with Crippen LogP contribution in [-0.4, -0.2) is 40.0 Å². The number of nitrogens with zero attached hydrogens (tertiary/aromatic N) is 1. The minimum Gasteiger partial charge on any atom is -0.309 e. The molecule has 1 N–H and O–H groups in total. The molecule has 0 aliphatic heterocycles. The minimum absolute atomic E-state index is 0.0495. The minimum atomic E-state index is -3.72. The van der Waals surface area contributed by atoms with Gasteiger partial charge in [-0.15, -0.1) is 0 Å². The zero-order chi connectivity index (χ0) is 17.1. The second-order valence-electron chi connectivity index (χ2n) is 6.56. The van der Waals surface area contributed by atoms with Crippen LogP contribution in [0.2, 0.25) is 0 Å². The van der Waals surface area contributed by atoms with E-state index >= 15 is 0 Å². The highest BCUT2D eigenvalue weighted by atomic mass is 32.2. The van der Waals surface area contributed by atoms with E-state index in [9.17, 15) is 17.2 Å². The summed E-state index contributed by atoms with van der Waals surface area (Å²) in [6.07, 6.45) is 0. The predicted octanol–water partition coefficient (Wildman–Crippen LogP) is 2.36. The van der Waals surface area contributed by atoms with Crippen LogP contribution in [0.3, 0.4) is 0 Å². The smallest absolute Gasteiger partial charge is 0.216 e. The van der Waals surface area contributed by atoms with Crippen molar-refractivity contribution in [2.24, 2.45) is 5.41 Å². The van der Waals surface area contributed by atoms with Crippen molar-refractivity contribution >= 4 is 10.0 Å². The van der Waals surface area contributed by atoms with Crippen molar-refractivity contribution in [3.63, 3.8) is 0 Å². The van der Waals surface area contributed by atoms with Gasteiger partial charge in [0, 0.05) is 24.2 Å². The molecule has 7 heteroatoms. The third-order valence-corrected chi connectivity index (χ3v) is 5.02. The lowest BCUT2D eigenvalue weighted by Crippen LogP contribution is -2.47. The molecule has 0 fully saturated rings. The van der Waals surface area contributed by atoms with E-state index in [-0.39, 0.29) is 17.0 Å². The first-order valence-electron chi connectivity index (χ1n) is 7.01. The van der Waals surface area contributed by atoms with Gasteiger partial charge in [0.2, 0.25) is 10.0 Å². The molecule has 0 aliphatic rings. The van der Waals surface area contributed by atoms with Gasteiger partial charge >= 0.3 is 0 Å². The fourth-order valence-corrected chi connectivity index (χ4v) is 3.85. The summed E-state index contributed by atoms with van der Waals surface area (Å²) in [7, 11) is 0.108. The third kappa shape index (κ3) is 5.62. The number of rotatable bonds is 7. The van der Waals surface area contributed by atoms with Gasteiger partial charge < -0.3 is 4.90 Å². The summed E-state index contributed by atoms with van der Waals surface area (Å²) in [5.74, 6) is -2.10. The van der Waals surface area contributed by atoms with Gasteiger partial charge in [-0.3, -0.25) is 0 Å². The Morgan fingerprint density at radius 3 is 2.36 bits per heavy atom. The summed E-state index contributed by atoms with van der Waals surface area (Å²) < 4.78 is 53.4. The molecule has 1 aromatic carbocycles. The summed E-state index contributed by atoms with van der Waals surface area (Å²) in [5, 5.41) is 0. The Labute approximate surface area is 131 Å². The van der Waals surface area contributed by atoms with Crippen molar-refractivity contribution in [1.29, 1.82) is 0 Å². The number of halogens is 2. The molecule has 0 bridgehead atoms. The molecule has 0 aromatic heterocycles. The molecule has 22 heavy (non-hydrogen) atoms. The van der Waals surface area contributed by atoms with E-state index in [2.05, 4.69) is 4.72 Å². The number of hydrogen-bond acceptors (Lipinski definition) is 3. The Morgan fingerprint density at radius 2 is 1.86 bits per heavy atom. The molecule has 0 spiro atoms. The largest absolute Gasteiger partial charge is 0.309 e. The van der Waals surface area contributed by atoms with E-state index < -0.39 is 27.4 Å². The maximum absolute atomic E-state index is 13.6. The summed E-state index contributed by atoms with van der Waals surface area (Å²) in [5.41, 5.74) is -0.343. The van der Waals surface area contributed by atoms with Crippen LogP contribution in [0, 0.1) is 17.0 Å². The molecule has 1 rings (SSSR count). The van der Waals surface area contributed by atoms with Crippen LogP contribution in [-0.2, 0) is 15.8 Å². The molecule has 0 unspecified atom stereocenters. The Hall–Kier alpha value is -1.05. The normalized spacial score (nSPS) is 14.4. The molecule has 0 saturated carbocycles. The maximum atomic E-state index is 13.6. The molecule has 126 valence electrons. The van der Waals surface area contributed by atoms with Crippen LogP contribution >= 0.6 is 0 Å². The van der Waals surface area contributed by atoms with Crippen LogP contribution in [0.15, 0.2) is 18.2 Å². The van der Waals surface area contributed by atoms with Gasteiger partial charge in [0.1, 0.15) is 11.6 Å². The van der Waals surface area contributed by atoms with Crippen molar-refractivity contribution in [2.75, 3.05) is 20.6 Å². The van der Waals surface area contributed by atoms with Gasteiger partial charge in [-0.25, -0.2) is 21.9 Å². The lowest BCUT2D eigenvalue weighted by atomic mass is 9.85. The zero-order valence-electron chi connectivity index (χ0n) is 13.7. The number of sulfonamides is 1. The molecule has 4 nitrogen and oxygen atoms in total. The first-order chi connectivity index (χ1) is 9.93. The Morgan fingerprint density at radius 1 is 1.27 bits per heavy atom. The Kier molecular flexibility index (Phi) is 6.06. The molecule has 0 heterocycles.